The molecule has 0 aromatic heterocycles. The van der Waals surface area contributed by atoms with E-state index < -0.39 is 96.6 Å². The van der Waals surface area contributed by atoms with E-state index in [1.165, 1.54) is 36.1 Å². The van der Waals surface area contributed by atoms with Gasteiger partial charge in [0.25, 0.3) is 0 Å². The maximum atomic E-state index is 13.8. The Labute approximate surface area is 319 Å². The highest BCUT2D eigenvalue weighted by atomic mass is 16.4. The zero-order valence-electron chi connectivity index (χ0n) is 31.5. The maximum Gasteiger partial charge on any atom is 0.326 e. The summed E-state index contributed by atoms with van der Waals surface area (Å²) in [5, 5.41) is 41.3. The third-order valence-corrected chi connectivity index (χ3v) is 8.87. The van der Waals surface area contributed by atoms with E-state index >= 15 is 0 Å². The molecule has 6 amide bonds. The minimum Gasteiger partial charge on any atom is -0.508 e. The molecule has 19 nitrogen and oxygen atoms in total. The van der Waals surface area contributed by atoms with E-state index in [1.807, 2.05) is 13.8 Å². The number of rotatable bonds is 23. The number of carbonyl (C=O) groups is 8. The van der Waals surface area contributed by atoms with Crippen molar-refractivity contribution in [3.63, 3.8) is 0 Å². The number of nitrogens with zero attached hydrogens (tertiary/aromatic N) is 1. The van der Waals surface area contributed by atoms with Gasteiger partial charge in [-0.2, -0.15) is 0 Å². The molecule has 1 fully saturated rings. The van der Waals surface area contributed by atoms with Crippen LogP contribution in [-0.4, -0.2) is 123 Å². The van der Waals surface area contributed by atoms with Crippen molar-refractivity contribution in [2.45, 2.75) is 115 Å². The van der Waals surface area contributed by atoms with Crippen LogP contribution in [0.15, 0.2) is 24.3 Å². The van der Waals surface area contributed by atoms with Crippen LogP contribution in [0.2, 0.25) is 0 Å². The number of benzene rings is 1. The molecule has 0 bridgehead atoms. The Kier molecular flexibility index (Phi) is 19.0. The lowest BCUT2D eigenvalue weighted by Gasteiger charge is -2.31. The van der Waals surface area contributed by atoms with Gasteiger partial charge in [-0.25, -0.2) is 4.79 Å². The number of aromatic hydroxyl groups is 1. The van der Waals surface area contributed by atoms with Crippen molar-refractivity contribution < 1.29 is 53.7 Å². The molecule has 306 valence electrons. The van der Waals surface area contributed by atoms with E-state index in [4.69, 9.17) is 11.5 Å². The largest absolute Gasteiger partial charge is 0.508 e. The van der Waals surface area contributed by atoms with Gasteiger partial charge in [0.1, 0.15) is 36.0 Å². The summed E-state index contributed by atoms with van der Waals surface area (Å²) in [5.74, 6) is -6.92. The fourth-order valence-electron chi connectivity index (χ4n) is 5.95. The Balaban J connectivity index is 2.24. The van der Waals surface area contributed by atoms with E-state index in [1.54, 1.807) is 0 Å². The number of carboxylic acid groups (broad SMARTS) is 2. The van der Waals surface area contributed by atoms with Crippen LogP contribution in [0.3, 0.4) is 0 Å². The fraction of sp³-hybridized carbons (Fsp3) is 0.611. The summed E-state index contributed by atoms with van der Waals surface area (Å²) >= 11 is 0. The summed E-state index contributed by atoms with van der Waals surface area (Å²) in [5.41, 5.74) is 11.6. The van der Waals surface area contributed by atoms with Crippen LogP contribution in [0.4, 0.5) is 0 Å². The van der Waals surface area contributed by atoms with Gasteiger partial charge in [-0.3, -0.25) is 33.6 Å². The molecule has 1 aliphatic rings. The van der Waals surface area contributed by atoms with E-state index in [9.17, 15) is 53.7 Å². The number of amides is 6. The van der Waals surface area contributed by atoms with E-state index in [-0.39, 0.29) is 56.9 Å². The van der Waals surface area contributed by atoms with Crippen molar-refractivity contribution >= 4 is 47.4 Å². The Morgan fingerprint density at radius 1 is 0.818 bits per heavy atom. The average molecular weight is 777 g/mol. The third kappa shape index (κ3) is 15.9. The van der Waals surface area contributed by atoms with Crippen LogP contribution in [0.5, 0.6) is 5.75 Å². The first-order chi connectivity index (χ1) is 25.9. The Morgan fingerprint density at radius 2 is 1.44 bits per heavy atom. The number of carbonyl (C=O) groups excluding carboxylic acids is 6. The second-order valence-corrected chi connectivity index (χ2v) is 14.1. The number of nitrogens with two attached hydrogens (primary N) is 2. The molecule has 1 aromatic rings. The molecule has 0 aliphatic carbocycles. The summed E-state index contributed by atoms with van der Waals surface area (Å²) in [4.78, 5) is 104. The number of phenolic OH excluding ortho intramolecular Hbond substituents is 1. The molecular weight excluding hydrogens is 720 g/mol. The van der Waals surface area contributed by atoms with Crippen molar-refractivity contribution in [3.05, 3.63) is 29.8 Å². The van der Waals surface area contributed by atoms with Crippen LogP contribution in [-0.2, 0) is 44.8 Å². The Hall–Kier alpha value is -5.30. The number of aliphatic carboxylic acids is 2. The van der Waals surface area contributed by atoms with Crippen LogP contribution >= 0.6 is 0 Å². The second kappa shape index (κ2) is 22.8. The van der Waals surface area contributed by atoms with Crippen molar-refractivity contribution in [3.8, 4) is 5.75 Å². The highest BCUT2D eigenvalue weighted by Crippen LogP contribution is 2.21. The quantitative estimate of drug-likeness (QED) is 0.0564. The van der Waals surface area contributed by atoms with Gasteiger partial charge >= 0.3 is 11.9 Å². The number of phenols is 1. The summed E-state index contributed by atoms with van der Waals surface area (Å²) in [6, 6.07) is -1.38. The van der Waals surface area contributed by atoms with Crippen molar-refractivity contribution in [1.29, 1.82) is 0 Å². The number of unbranched alkanes of at least 4 members (excludes halogenated alkanes) is 1. The van der Waals surface area contributed by atoms with Gasteiger partial charge in [0.15, 0.2) is 0 Å². The molecule has 55 heavy (non-hydrogen) atoms. The van der Waals surface area contributed by atoms with Gasteiger partial charge in [-0.1, -0.05) is 26.0 Å². The Bertz CT molecular complexity index is 1500. The van der Waals surface area contributed by atoms with Crippen LogP contribution in [0, 0.1) is 5.92 Å². The Morgan fingerprint density at radius 3 is 2.00 bits per heavy atom. The van der Waals surface area contributed by atoms with Crippen molar-refractivity contribution in [2.24, 2.45) is 17.4 Å². The summed E-state index contributed by atoms with van der Waals surface area (Å²) in [7, 11) is 0. The summed E-state index contributed by atoms with van der Waals surface area (Å²) < 4.78 is 0. The number of hydrogen-bond donors (Lipinski definition) is 10. The van der Waals surface area contributed by atoms with Gasteiger partial charge in [0.2, 0.25) is 35.4 Å². The average Bonchev–Trinajstić information content (AvgIpc) is 3.61. The van der Waals surface area contributed by atoms with Gasteiger partial charge in [-0.15, -0.1) is 0 Å². The first-order valence-corrected chi connectivity index (χ1v) is 18.4. The third-order valence-electron chi connectivity index (χ3n) is 8.87. The van der Waals surface area contributed by atoms with Crippen molar-refractivity contribution in [1.82, 2.24) is 31.5 Å². The molecule has 0 spiro atoms. The first kappa shape index (κ1) is 45.9. The molecule has 12 N–H and O–H groups in total. The molecule has 2 rings (SSSR count). The highest BCUT2D eigenvalue weighted by Gasteiger charge is 2.39. The molecular formula is C36H56N8O11. The molecule has 1 aromatic carbocycles. The number of nitrogens with one attached hydrogen (secondary N) is 5. The standard InChI is InChI=1S/C36H56N8O11/c1-20(2)17-26(40-29(46)19-39-31(49)21(3)38)35(53)44-16-6-8-28(44)34(52)42-25(13-14-30(47)48)33(51)41-24(7-4-5-15-37)32(50)43-27(36(54)55)18-22-9-11-23(45)12-10-22/h9-12,20-21,24-28,45H,4-8,13-19,37-38H2,1-3H3,(H,39,49)(H,40,46)(H,41,51)(H,42,52)(H,43,50)(H,47,48)(H,54,55)/t21-,24+,25-,26-,27-,28+/m0/s1. The summed E-state index contributed by atoms with van der Waals surface area (Å²) in [6.45, 7) is 5.14. The highest BCUT2D eigenvalue weighted by molar-refractivity contribution is 5.97. The minimum atomic E-state index is -1.46. The lowest BCUT2D eigenvalue weighted by Crippen LogP contribution is -2.59. The smallest absolute Gasteiger partial charge is 0.326 e. The van der Waals surface area contributed by atoms with E-state index in [2.05, 4.69) is 26.6 Å². The fourth-order valence-corrected chi connectivity index (χ4v) is 5.95. The minimum absolute atomic E-state index is 0.0279. The molecule has 0 saturated carbocycles. The van der Waals surface area contributed by atoms with Gasteiger partial charge < -0.3 is 58.3 Å². The van der Waals surface area contributed by atoms with Gasteiger partial charge in [-0.05, 0) is 82.0 Å². The zero-order valence-corrected chi connectivity index (χ0v) is 31.5. The molecule has 19 heteroatoms. The predicted octanol–water partition coefficient (Wildman–Crippen LogP) is -1.55. The van der Waals surface area contributed by atoms with Crippen LogP contribution in [0.25, 0.3) is 0 Å². The molecule has 1 saturated heterocycles. The maximum absolute atomic E-state index is 13.8. The van der Waals surface area contributed by atoms with Gasteiger partial charge in [0, 0.05) is 19.4 Å². The SMILES string of the molecule is CC(C)C[C@H](NC(=O)CNC(=O)[C@H](C)N)C(=O)N1CCC[C@@H]1C(=O)N[C@@H](CCC(=O)O)C(=O)N[C@H](CCCCN)C(=O)N[C@@H](Cc1ccc(O)cc1)C(=O)O. The topological polar surface area (TPSA) is 313 Å². The zero-order chi connectivity index (χ0) is 41.2. The molecule has 0 unspecified atom stereocenters. The number of carboxylic acids is 2. The monoisotopic (exact) mass is 776 g/mol. The molecule has 1 aliphatic heterocycles. The van der Waals surface area contributed by atoms with Crippen LogP contribution in [0.1, 0.15) is 77.7 Å². The molecule has 1 heterocycles. The second-order valence-electron chi connectivity index (χ2n) is 14.1. The van der Waals surface area contributed by atoms with E-state index in [0.29, 0.717) is 24.8 Å². The summed E-state index contributed by atoms with van der Waals surface area (Å²) in [6.07, 6.45) is 0.676. The van der Waals surface area contributed by atoms with Gasteiger partial charge in [0.05, 0.1) is 12.6 Å². The molecule has 6 atom stereocenters. The number of likely N-dealkylation sites (tertiary alicyclic amines) is 1. The lowest BCUT2D eigenvalue weighted by molar-refractivity contribution is -0.143. The van der Waals surface area contributed by atoms with E-state index in [0.717, 1.165) is 0 Å². The number of hydrogen-bond acceptors (Lipinski definition) is 11. The first-order valence-electron chi connectivity index (χ1n) is 18.4. The normalized spacial score (nSPS) is 16.5. The molecule has 0 radical (unpaired) electrons. The van der Waals surface area contributed by atoms with Crippen molar-refractivity contribution in [2.75, 3.05) is 19.6 Å². The van der Waals surface area contributed by atoms with Crippen LogP contribution < -0.4 is 38.1 Å². The predicted molar refractivity (Wildman–Crippen MR) is 198 cm³/mol. The lowest BCUT2D eigenvalue weighted by atomic mass is 10.0.